The molecule has 0 saturated carbocycles. The molecular weight excluding hydrogens is 244 g/mol. The monoisotopic (exact) mass is 262 g/mol. The largest absolute Gasteiger partial charge is 0.496 e. The number of aliphatic hydroxyl groups is 1. The summed E-state index contributed by atoms with van der Waals surface area (Å²) in [5.41, 5.74) is 2.21. The van der Waals surface area contributed by atoms with Crippen LogP contribution in [0.25, 0.3) is 0 Å². The third kappa shape index (κ3) is 2.74. The fraction of sp³-hybridized carbons (Fsp3) is 0.333. The second-order valence-corrected chi connectivity index (χ2v) is 5.72. The van der Waals surface area contributed by atoms with Gasteiger partial charge in [0, 0.05) is 16.2 Å². The van der Waals surface area contributed by atoms with Crippen LogP contribution in [0.15, 0.2) is 30.3 Å². The van der Waals surface area contributed by atoms with Crippen molar-refractivity contribution in [2.24, 2.45) is 0 Å². The quantitative estimate of drug-likeness (QED) is 0.911. The number of ether oxygens (including phenoxy) is 1. The van der Waals surface area contributed by atoms with Gasteiger partial charge in [0.25, 0.3) is 0 Å². The van der Waals surface area contributed by atoms with Crippen LogP contribution in [0, 0.1) is 13.8 Å². The van der Waals surface area contributed by atoms with Crippen molar-refractivity contribution < 1.29 is 9.84 Å². The molecule has 0 aliphatic heterocycles. The highest BCUT2D eigenvalue weighted by atomic mass is 32.1. The zero-order chi connectivity index (χ0) is 13.1. The minimum Gasteiger partial charge on any atom is -0.496 e. The number of para-hydroxylation sites is 1. The SMILES string of the molecule is COc1ccccc1CC(O)c1sc(C)cc1C. The van der Waals surface area contributed by atoms with Gasteiger partial charge < -0.3 is 9.84 Å². The zero-order valence-corrected chi connectivity index (χ0v) is 11.8. The predicted octanol–water partition coefficient (Wildman–Crippen LogP) is 3.65. The first-order valence-electron chi connectivity index (χ1n) is 5.98. The Morgan fingerprint density at radius 1 is 1.28 bits per heavy atom. The summed E-state index contributed by atoms with van der Waals surface area (Å²) in [5.74, 6) is 0.836. The fourth-order valence-electron chi connectivity index (χ4n) is 2.16. The van der Waals surface area contributed by atoms with E-state index in [0.717, 1.165) is 16.2 Å². The average Bonchev–Trinajstić information content (AvgIpc) is 2.69. The molecule has 1 aromatic carbocycles. The van der Waals surface area contributed by atoms with Crippen molar-refractivity contribution in [2.75, 3.05) is 7.11 Å². The van der Waals surface area contributed by atoms with E-state index in [9.17, 15) is 5.11 Å². The number of rotatable bonds is 4. The van der Waals surface area contributed by atoms with Crippen molar-refractivity contribution in [1.82, 2.24) is 0 Å². The van der Waals surface area contributed by atoms with Gasteiger partial charge in [-0.1, -0.05) is 18.2 Å². The molecule has 18 heavy (non-hydrogen) atoms. The highest BCUT2D eigenvalue weighted by molar-refractivity contribution is 7.12. The van der Waals surface area contributed by atoms with Crippen LogP contribution in [0.5, 0.6) is 5.75 Å². The summed E-state index contributed by atoms with van der Waals surface area (Å²) >= 11 is 1.66. The molecule has 0 amide bonds. The maximum Gasteiger partial charge on any atom is 0.122 e. The molecule has 96 valence electrons. The molecule has 1 atom stereocenters. The lowest BCUT2D eigenvalue weighted by Crippen LogP contribution is -2.02. The molecule has 2 aromatic rings. The Hall–Kier alpha value is -1.32. The lowest BCUT2D eigenvalue weighted by Gasteiger charge is -2.13. The number of thiophene rings is 1. The molecule has 3 heteroatoms. The van der Waals surface area contributed by atoms with Gasteiger partial charge in [0.2, 0.25) is 0 Å². The Bertz CT molecular complexity index is 531. The number of methoxy groups -OCH3 is 1. The summed E-state index contributed by atoms with van der Waals surface area (Å²) in [6, 6.07) is 9.95. The van der Waals surface area contributed by atoms with Crippen LogP contribution in [0.1, 0.15) is 27.0 Å². The Morgan fingerprint density at radius 3 is 2.61 bits per heavy atom. The van der Waals surface area contributed by atoms with Crippen LogP contribution in [0.2, 0.25) is 0 Å². The summed E-state index contributed by atoms with van der Waals surface area (Å²) in [7, 11) is 1.66. The number of benzene rings is 1. The molecular formula is C15H18O2S. The van der Waals surface area contributed by atoms with E-state index in [1.165, 1.54) is 10.4 Å². The Morgan fingerprint density at radius 2 is 2.00 bits per heavy atom. The highest BCUT2D eigenvalue weighted by Crippen LogP contribution is 2.31. The van der Waals surface area contributed by atoms with Crippen LogP contribution in [0.4, 0.5) is 0 Å². The van der Waals surface area contributed by atoms with E-state index in [0.29, 0.717) is 6.42 Å². The summed E-state index contributed by atoms with van der Waals surface area (Å²) in [6.07, 6.45) is 0.130. The third-order valence-corrected chi connectivity index (χ3v) is 4.24. The molecule has 1 N–H and O–H groups in total. The van der Waals surface area contributed by atoms with Crippen molar-refractivity contribution in [1.29, 1.82) is 0 Å². The van der Waals surface area contributed by atoms with E-state index < -0.39 is 6.10 Å². The Balaban J connectivity index is 2.21. The van der Waals surface area contributed by atoms with Gasteiger partial charge in [-0.25, -0.2) is 0 Å². The van der Waals surface area contributed by atoms with Gasteiger partial charge in [0.15, 0.2) is 0 Å². The number of aliphatic hydroxyl groups excluding tert-OH is 1. The van der Waals surface area contributed by atoms with Crippen molar-refractivity contribution in [3.8, 4) is 5.75 Å². The second-order valence-electron chi connectivity index (χ2n) is 4.44. The molecule has 1 heterocycles. The Kier molecular flexibility index (Phi) is 4.04. The van der Waals surface area contributed by atoms with Crippen LogP contribution < -0.4 is 4.74 Å². The third-order valence-electron chi connectivity index (χ3n) is 2.99. The maximum atomic E-state index is 10.3. The highest BCUT2D eigenvalue weighted by Gasteiger charge is 2.15. The predicted molar refractivity (Wildman–Crippen MR) is 75.5 cm³/mol. The number of hydrogen-bond acceptors (Lipinski definition) is 3. The van der Waals surface area contributed by atoms with Gasteiger partial charge in [-0.15, -0.1) is 11.3 Å². The molecule has 1 unspecified atom stereocenters. The topological polar surface area (TPSA) is 29.5 Å². The first-order valence-corrected chi connectivity index (χ1v) is 6.80. The van der Waals surface area contributed by atoms with Crippen molar-refractivity contribution in [3.05, 3.63) is 51.2 Å². The summed E-state index contributed by atoms with van der Waals surface area (Å²) in [5, 5.41) is 10.3. The molecule has 1 aromatic heterocycles. The van der Waals surface area contributed by atoms with Gasteiger partial charge in [-0.05, 0) is 37.1 Å². The average molecular weight is 262 g/mol. The van der Waals surface area contributed by atoms with E-state index in [-0.39, 0.29) is 0 Å². The lowest BCUT2D eigenvalue weighted by molar-refractivity contribution is 0.180. The van der Waals surface area contributed by atoms with Crippen LogP contribution in [-0.2, 0) is 6.42 Å². The molecule has 2 rings (SSSR count). The minimum atomic E-state index is -0.458. The van der Waals surface area contributed by atoms with E-state index in [1.54, 1.807) is 18.4 Å². The smallest absolute Gasteiger partial charge is 0.122 e. The van der Waals surface area contributed by atoms with Crippen molar-refractivity contribution in [3.63, 3.8) is 0 Å². The van der Waals surface area contributed by atoms with Gasteiger partial charge in [-0.2, -0.15) is 0 Å². The number of aryl methyl sites for hydroxylation is 2. The van der Waals surface area contributed by atoms with Crippen molar-refractivity contribution in [2.45, 2.75) is 26.4 Å². The van der Waals surface area contributed by atoms with E-state index in [1.807, 2.05) is 31.2 Å². The first kappa shape index (κ1) is 13.1. The van der Waals surface area contributed by atoms with E-state index >= 15 is 0 Å². The number of hydrogen-bond donors (Lipinski definition) is 1. The van der Waals surface area contributed by atoms with Gasteiger partial charge in [0.05, 0.1) is 13.2 Å². The van der Waals surface area contributed by atoms with Crippen LogP contribution in [0.3, 0.4) is 0 Å². The standard InChI is InChI=1S/C15H18O2S/c1-10-8-11(2)18-15(10)13(16)9-12-6-4-5-7-14(12)17-3/h4-8,13,16H,9H2,1-3H3. The minimum absolute atomic E-state index is 0.458. The molecule has 0 aliphatic rings. The molecule has 0 saturated heterocycles. The van der Waals surface area contributed by atoms with Gasteiger partial charge in [0.1, 0.15) is 5.75 Å². The molecule has 0 bridgehead atoms. The summed E-state index contributed by atoms with van der Waals surface area (Å²) in [4.78, 5) is 2.29. The van der Waals surface area contributed by atoms with Gasteiger partial charge >= 0.3 is 0 Å². The fourth-order valence-corrected chi connectivity index (χ4v) is 3.18. The van der Waals surface area contributed by atoms with E-state index in [2.05, 4.69) is 13.0 Å². The zero-order valence-electron chi connectivity index (χ0n) is 10.9. The first-order chi connectivity index (χ1) is 8.61. The molecule has 0 aliphatic carbocycles. The molecule has 0 spiro atoms. The molecule has 0 fully saturated rings. The summed E-state index contributed by atoms with van der Waals surface area (Å²) in [6.45, 7) is 4.11. The van der Waals surface area contributed by atoms with E-state index in [4.69, 9.17) is 4.74 Å². The summed E-state index contributed by atoms with van der Waals surface area (Å²) < 4.78 is 5.31. The lowest BCUT2D eigenvalue weighted by atomic mass is 10.0. The van der Waals surface area contributed by atoms with Crippen molar-refractivity contribution >= 4 is 11.3 Å². The normalized spacial score (nSPS) is 12.4. The van der Waals surface area contributed by atoms with Gasteiger partial charge in [-0.3, -0.25) is 0 Å². The molecule has 2 nitrogen and oxygen atoms in total. The molecule has 0 radical (unpaired) electrons. The second kappa shape index (κ2) is 5.55. The maximum absolute atomic E-state index is 10.3. The van der Waals surface area contributed by atoms with Crippen LogP contribution >= 0.6 is 11.3 Å². The Labute approximate surface area is 112 Å². The van der Waals surface area contributed by atoms with Crippen LogP contribution in [-0.4, -0.2) is 12.2 Å².